The number of aryl methyl sites for hydroxylation is 2. The van der Waals surface area contributed by atoms with Gasteiger partial charge in [-0.25, -0.2) is 5.48 Å². The fourth-order valence-corrected chi connectivity index (χ4v) is 4.82. The number of ketones is 1. The van der Waals surface area contributed by atoms with Crippen LogP contribution in [0.1, 0.15) is 42.4 Å². The average molecular weight is 383 g/mol. The molecule has 2 aliphatic heterocycles. The third kappa shape index (κ3) is 3.77. The Morgan fingerprint density at radius 1 is 1.14 bits per heavy atom. The predicted molar refractivity (Wildman–Crippen MR) is 107 cm³/mol. The Hall–Kier alpha value is -2.02. The molecule has 1 aromatic carbocycles. The Bertz CT molecular complexity index is 808. The highest BCUT2D eigenvalue weighted by Crippen LogP contribution is 2.52. The number of hydrogen-bond acceptors (Lipinski definition) is 5. The third-order valence-electron chi connectivity index (χ3n) is 6.54. The zero-order chi connectivity index (χ0) is 19.9. The number of benzene rings is 1. The van der Waals surface area contributed by atoms with Gasteiger partial charge in [-0.1, -0.05) is 35.4 Å². The van der Waals surface area contributed by atoms with Crippen molar-refractivity contribution < 1.29 is 14.8 Å². The number of hydrogen-bond donors (Lipinski definition) is 4. The van der Waals surface area contributed by atoms with Crippen LogP contribution in [0.2, 0.25) is 0 Å². The first-order valence-corrected chi connectivity index (χ1v) is 10.1. The summed E-state index contributed by atoms with van der Waals surface area (Å²) in [5, 5.41) is 15.8. The van der Waals surface area contributed by atoms with Gasteiger partial charge in [0.1, 0.15) is 0 Å². The van der Waals surface area contributed by atoms with E-state index < -0.39 is 17.9 Å². The molecule has 2 fully saturated rings. The van der Waals surface area contributed by atoms with Gasteiger partial charge in [-0.15, -0.1) is 0 Å². The van der Waals surface area contributed by atoms with Crippen molar-refractivity contribution in [1.82, 2.24) is 16.1 Å². The van der Waals surface area contributed by atoms with E-state index in [9.17, 15) is 9.59 Å². The lowest BCUT2D eigenvalue weighted by Gasteiger charge is -2.37. The van der Waals surface area contributed by atoms with Gasteiger partial charge < -0.3 is 10.6 Å². The molecule has 1 aromatic rings. The van der Waals surface area contributed by atoms with Crippen molar-refractivity contribution >= 4 is 17.3 Å². The molecular formula is C22H29N3O3. The van der Waals surface area contributed by atoms with E-state index in [2.05, 4.69) is 48.8 Å². The predicted octanol–water partition coefficient (Wildman–Crippen LogP) is 1.88. The van der Waals surface area contributed by atoms with Crippen LogP contribution in [0, 0.1) is 25.2 Å². The van der Waals surface area contributed by atoms with Crippen molar-refractivity contribution in [3.05, 3.63) is 41.0 Å². The zero-order valence-electron chi connectivity index (χ0n) is 16.5. The molecule has 0 bridgehead atoms. The lowest BCUT2D eigenvalue weighted by molar-refractivity contribution is -0.140. The molecule has 28 heavy (non-hydrogen) atoms. The van der Waals surface area contributed by atoms with E-state index in [0.29, 0.717) is 19.4 Å². The van der Waals surface area contributed by atoms with E-state index in [4.69, 9.17) is 5.21 Å². The molecule has 150 valence electrons. The maximum absolute atomic E-state index is 13.3. The van der Waals surface area contributed by atoms with Crippen LogP contribution < -0.4 is 16.1 Å². The minimum atomic E-state index is -0.561. The van der Waals surface area contributed by atoms with Crippen LogP contribution in [0.3, 0.4) is 0 Å². The Morgan fingerprint density at radius 3 is 2.50 bits per heavy atom. The fraction of sp³-hybridized carbons (Fsp3) is 0.545. The van der Waals surface area contributed by atoms with Gasteiger partial charge in [-0.2, -0.15) is 0 Å². The summed E-state index contributed by atoms with van der Waals surface area (Å²) in [7, 11) is 0. The minimum Gasteiger partial charge on any atom is -0.306 e. The van der Waals surface area contributed by atoms with Crippen LogP contribution in [0.5, 0.6) is 0 Å². The molecule has 0 radical (unpaired) electrons. The van der Waals surface area contributed by atoms with Crippen LogP contribution in [0.25, 0.3) is 5.57 Å². The number of carbonyl (C=O) groups is 2. The molecule has 1 spiro atoms. The van der Waals surface area contributed by atoms with Crippen molar-refractivity contribution in [2.24, 2.45) is 11.3 Å². The first-order chi connectivity index (χ1) is 13.4. The topological polar surface area (TPSA) is 90.5 Å². The van der Waals surface area contributed by atoms with Gasteiger partial charge in [0.2, 0.25) is 5.91 Å². The van der Waals surface area contributed by atoms with Crippen LogP contribution in [-0.2, 0) is 9.59 Å². The van der Waals surface area contributed by atoms with Gasteiger partial charge in [0.15, 0.2) is 5.78 Å². The van der Waals surface area contributed by atoms with Crippen LogP contribution in [0.4, 0.5) is 0 Å². The van der Waals surface area contributed by atoms with Crippen molar-refractivity contribution in [2.75, 3.05) is 13.1 Å². The normalized spacial score (nSPS) is 28.5. The molecule has 1 saturated heterocycles. The number of nitrogens with one attached hydrogen (secondary N) is 3. The van der Waals surface area contributed by atoms with Gasteiger partial charge in [-0.3, -0.25) is 14.8 Å². The maximum Gasteiger partial charge on any atom is 0.248 e. The van der Waals surface area contributed by atoms with E-state index in [1.165, 1.54) is 16.7 Å². The molecule has 6 nitrogen and oxygen atoms in total. The largest absolute Gasteiger partial charge is 0.306 e. The molecular weight excluding hydrogens is 354 g/mol. The molecule has 6 heteroatoms. The number of piperidine rings is 1. The lowest BCUT2D eigenvalue weighted by Crippen LogP contribution is -2.59. The molecule has 1 amide bonds. The molecule has 1 saturated carbocycles. The average Bonchev–Trinajstić information content (AvgIpc) is 3.44. The first-order valence-electron chi connectivity index (χ1n) is 10.1. The first kappa shape index (κ1) is 19.3. The number of carbonyl (C=O) groups excluding carboxylic acids is 2. The van der Waals surface area contributed by atoms with Crippen LogP contribution >= 0.6 is 0 Å². The standard InChI is InChI=1S/C22H29N3O3/c1-13-7-14(2)9-16(8-13)15-3-6-23-18(10-15)20(26)19-17(21(27)25-28)11-22(4-5-22)12-24-19/h3,7-9,17-19,23-24,28H,4-6,10-12H2,1-2H3,(H,25,27)/t17-,18?,19-/m0/s1. The lowest BCUT2D eigenvalue weighted by atomic mass is 9.78. The number of amides is 1. The Balaban J connectivity index is 1.51. The van der Waals surface area contributed by atoms with Gasteiger partial charge in [0, 0.05) is 13.1 Å². The highest BCUT2D eigenvalue weighted by atomic mass is 16.5. The summed E-state index contributed by atoms with van der Waals surface area (Å²) in [6.45, 7) is 5.56. The fourth-order valence-electron chi connectivity index (χ4n) is 4.82. The minimum absolute atomic E-state index is 0.0130. The summed E-state index contributed by atoms with van der Waals surface area (Å²) in [6.07, 6.45) is 5.58. The molecule has 1 aliphatic carbocycles. The summed E-state index contributed by atoms with van der Waals surface area (Å²) in [4.78, 5) is 25.6. The van der Waals surface area contributed by atoms with Crippen molar-refractivity contribution in [1.29, 1.82) is 0 Å². The monoisotopic (exact) mass is 383 g/mol. The van der Waals surface area contributed by atoms with Gasteiger partial charge in [0.25, 0.3) is 0 Å². The third-order valence-corrected chi connectivity index (χ3v) is 6.54. The van der Waals surface area contributed by atoms with Crippen molar-refractivity contribution in [3.63, 3.8) is 0 Å². The molecule has 4 rings (SSSR count). The molecule has 3 aliphatic rings. The molecule has 3 atom stereocenters. The molecule has 4 N–H and O–H groups in total. The Kier molecular flexibility index (Phi) is 5.12. The van der Waals surface area contributed by atoms with E-state index >= 15 is 0 Å². The van der Waals surface area contributed by atoms with Crippen molar-refractivity contribution in [2.45, 2.75) is 51.6 Å². The number of Topliss-reactive ketones (excluding diaryl/α,β-unsaturated/α-hetero) is 1. The maximum atomic E-state index is 13.3. The quantitative estimate of drug-likeness (QED) is 0.471. The van der Waals surface area contributed by atoms with Gasteiger partial charge >= 0.3 is 0 Å². The second kappa shape index (κ2) is 7.43. The summed E-state index contributed by atoms with van der Waals surface area (Å²) in [5.74, 6) is -0.970. The zero-order valence-corrected chi connectivity index (χ0v) is 16.5. The summed E-state index contributed by atoms with van der Waals surface area (Å²) in [5.41, 5.74) is 6.66. The van der Waals surface area contributed by atoms with Gasteiger partial charge in [0.05, 0.1) is 18.0 Å². The highest BCUT2D eigenvalue weighted by molar-refractivity contribution is 5.96. The van der Waals surface area contributed by atoms with Gasteiger partial charge in [-0.05, 0) is 56.1 Å². The SMILES string of the molecule is Cc1cc(C)cc(C2=CCNC(C(=O)[C@H]3NCC4(CC4)C[C@@H]3C(=O)NO)C2)c1. The second-order valence-electron chi connectivity index (χ2n) is 8.82. The van der Waals surface area contributed by atoms with Crippen molar-refractivity contribution in [3.8, 4) is 0 Å². The van der Waals surface area contributed by atoms with Crippen LogP contribution in [0.15, 0.2) is 24.3 Å². The molecule has 0 aromatic heterocycles. The second-order valence-corrected chi connectivity index (χ2v) is 8.82. The molecule has 1 unspecified atom stereocenters. The Labute approximate surface area is 165 Å². The van der Waals surface area contributed by atoms with Crippen LogP contribution in [-0.4, -0.2) is 42.1 Å². The highest BCUT2D eigenvalue weighted by Gasteiger charge is 2.52. The molecule has 2 heterocycles. The summed E-state index contributed by atoms with van der Waals surface area (Å²) >= 11 is 0. The smallest absolute Gasteiger partial charge is 0.248 e. The number of hydroxylamine groups is 1. The summed E-state index contributed by atoms with van der Waals surface area (Å²) < 4.78 is 0. The summed E-state index contributed by atoms with van der Waals surface area (Å²) in [6, 6.07) is 5.56. The Morgan fingerprint density at radius 2 is 1.86 bits per heavy atom. The van der Waals surface area contributed by atoms with E-state index in [1.54, 1.807) is 5.48 Å². The van der Waals surface area contributed by atoms with E-state index in [-0.39, 0.29) is 17.2 Å². The number of rotatable bonds is 4. The van der Waals surface area contributed by atoms with E-state index in [1.807, 2.05) is 0 Å². The van der Waals surface area contributed by atoms with E-state index in [0.717, 1.165) is 24.9 Å².